The summed E-state index contributed by atoms with van der Waals surface area (Å²) in [6.07, 6.45) is 1.65. The molecule has 0 saturated carbocycles. The molecular weight excluding hydrogens is 234 g/mol. The molecule has 2 rings (SSSR count). The summed E-state index contributed by atoms with van der Waals surface area (Å²) in [5.74, 6) is 0.236. The molecule has 0 aromatic carbocycles. The number of carbonyl (C=O) groups excluding carboxylic acids is 1. The Labute approximate surface area is 104 Å². The van der Waals surface area contributed by atoms with Gasteiger partial charge in [0.15, 0.2) is 5.82 Å². The van der Waals surface area contributed by atoms with Crippen LogP contribution in [-0.2, 0) is 0 Å². The van der Waals surface area contributed by atoms with E-state index in [9.17, 15) is 4.79 Å². The van der Waals surface area contributed by atoms with E-state index in [1.54, 1.807) is 6.07 Å². The number of rotatable bonds is 5. The van der Waals surface area contributed by atoms with E-state index in [0.29, 0.717) is 11.5 Å². The fraction of sp³-hybridized carbons (Fsp3) is 0.500. The van der Waals surface area contributed by atoms with Crippen molar-refractivity contribution in [1.82, 2.24) is 36.1 Å². The molecule has 1 atom stereocenters. The van der Waals surface area contributed by atoms with Gasteiger partial charge in [-0.05, 0) is 19.4 Å². The third-order valence-electron chi connectivity index (χ3n) is 2.49. The maximum Gasteiger partial charge on any atom is 0.272 e. The van der Waals surface area contributed by atoms with E-state index < -0.39 is 0 Å². The monoisotopic (exact) mass is 249 g/mol. The highest BCUT2D eigenvalue weighted by atomic mass is 16.2. The number of aryl methyl sites for hydroxylation is 1. The summed E-state index contributed by atoms with van der Waals surface area (Å²) in [4.78, 5) is 12.0. The SMILES string of the molecule is CCC[C@H](NC(=O)c1cc(C)[nH]n1)c1nn[nH]n1. The number of nitrogens with zero attached hydrogens (tertiary/aromatic N) is 4. The topological polar surface area (TPSA) is 112 Å². The third kappa shape index (κ3) is 2.70. The number of hydrogen-bond donors (Lipinski definition) is 3. The minimum atomic E-state index is -0.252. The quantitative estimate of drug-likeness (QED) is 0.714. The molecule has 2 aromatic heterocycles. The number of tetrazole rings is 1. The molecule has 0 aliphatic carbocycles. The standard InChI is InChI=1S/C10H15N7O/c1-3-4-7(9-14-16-17-15-9)11-10(18)8-5-6(2)12-13-8/h5,7H,3-4H2,1-2H3,(H,11,18)(H,12,13)(H,14,15,16,17)/t7-/m0/s1. The lowest BCUT2D eigenvalue weighted by Crippen LogP contribution is -2.29. The minimum Gasteiger partial charge on any atom is -0.340 e. The molecular formula is C10H15N7O. The van der Waals surface area contributed by atoms with Crippen LogP contribution in [0, 0.1) is 6.92 Å². The van der Waals surface area contributed by atoms with Gasteiger partial charge in [-0.1, -0.05) is 18.6 Å². The lowest BCUT2D eigenvalue weighted by atomic mass is 10.1. The van der Waals surface area contributed by atoms with Crippen LogP contribution in [0.25, 0.3) is 0 Å². The number of aromatic nitrogens is 6. The Bertz CT molecular complexity index is 504. The van der Waals surface area contributed by atoms with Crippen LogP contribution in [0.4, 0.5) is 0 Å². The molecule has 96 valence electrons. The maximum atomic E-state index is 12.0. The molecule has 0 saturated heterocycles. The van der Waals surface area contributed by atoms with Gasteiger partial charge in [0.2, 0.25) is 0 Å². The van der Waals surface area contributed by atoms with Crippen molar-refractivity contribution in [1.29, 1.82) is 0 Å². The summed E-state index contributed by atoms with van der Waals surface area (Å²) in [7, 11) is 0. The van der Waals surface area contributed by atoms with Gasteiger partial charge in [-0.15, -0.1) is 10.2 Å². The molecule has 0 aliphatic heterocycles. The molecule has 1 amide bonds. The second-order valence-corrected chi connectivity index (χ2v) is 4.02. The van der Waals surface area contributed by atoms with E-state index in [4.69, 9.17) is 0 Å². The van der Waals surface area contributed by atoms with Gasteiger partial charge < -0.3 is 5.32 Å². The first kappa shape index (κ1) is 12.2. The number of H-pyrrole nitrogens is 2. The molecule has 3 N–H and O–H groups in total. The first-order chi connectivity index (χ1) is 8.70. The zero-order valence-corrected chi connectivity index (χ0v) is 10.3. The Hall–Kier alpha value is -2.25. The van der Waals surface area contributed by atoms with Crippen LogP contribution in [0.15, 0.2) is 6.07 Å². The average Bonchev–Trinajstić information content (AvgIpc) is 2.98. The fourth-order valence-electron chi connectivity index (χ4n) is 1.64. The van der Waals surface area contributed by atoms with Crippen LogP contribution in [-0.4, -0.2) is 36.7 Å². The largest absolute Gasteiger partial charge is 0.340 e. The van der Waals surface area contributed by atoms with Crippen LogP contribution in [0.1, 0.15) is 47.8 Å². The van der Waals surface area contributed by atoms with Gasteiger partial charge >= 0.3 is 0 Å². The molecule has 18 heavy (non-hydrogen) atoms. The molecule has 0 bridgehead atoms. The van der Waals surface area contributed by atoms with Gasteiger partial charge in [0.1, 0.15) is 5.69 Å². The summed E-state index contributed by atoms with van der Waals surface area (Å²) in [5, 5.41) is 23.2. The van der Waals surface area contributed by atoms with Crippen molar-refractivity contribution in [2.45, 2.75) is 32.7 Å². The van der Waals surface area contributed by atoms with E-state index >= 15 is 0 Å². The summed E-state index contributed by atoms with van der Waals surface area (Å²) >= 11 is 0. The highest BCUT2D eigenvalue weighted by Crippen LogP contribution is 2.13. The highest BCUT2D eigenvalue weighted by molar-refractivity contribution is 5.92. The Morgan fingerprint density at radius 2 is 2.33 bits per heavy atom. The van der Waals surface area contributed by atoms with E-state index in [1.807, 2.05) is 13.8 Å². The normalized spacial score (nSPS) is 12.3. The minimum absolute atomic E-state index is 0.248. The van der Waals surface area contributed by atoms with Gasteiger partial charge in [0, 0.05) is 5.69 Å². The molecule has 0 radical (unpaired) electrons. The summed E-state index contributed by atoms with van der Waals surface area (Å²) in [6.45, 7) is 3.87. The van der Waals surface area contributed by atoms with Gasteiger partial charge in [-0.3, -0.25) is 9.89 Å². The van der Waals surface area contributed by atoms with Crippen molar-refractivity contribution in [3.05, 3.63) is 23.3 Å². The van der Waals surface area contributed by atoms with Crippen molar-refractivity contribution in [3.63, 3.8) is 0 Å². The fourth-order valence-corrected chi connectivity index (χ4v) is 1.64. The van der Waals surface area contributed by atoms with Crippen molar-refractivity contribution >= 4 is 5.91 Å². The Balaban J connectivity index is 2.07. The highest BCUT2D eigenvalue weighted by Gasteiger charge is 2.19. The van der Waals surface area contributed by atoms with Crippen LogP contribution < -0.4 is 5.32 Å². The molecule has 0 fully saturated rings. The molecule has 0 spiro atoms. The molecule has 2 heterocycles. The first-order valence-corrected chi connectivity index (χ1v) is 5.77. The van der Waals surface area contributed by atoms with Crippen molar-refractivity contribution in [2.24, 2.45) is 0 Å². The summed E-state index contributed by atoms with van der Waals surface area (Å²) in [5.41, 5.74) is 1.20. The zero-order valence-electron chi connectivity index (χ0n) is 10.3. The smallest absolute Gasteiger partial charge is 0.272 e. The number of carbonyl (C=O) groups is 1. The van der Waals surface area contributed by atoms with Gasteiger partial charge in [0.05, 0.1) is 6.04 Å². The number of aromatic amines is 2. The van der Waals surface area contributed by atoms with E-state index in [0.717, 1.165) is 18.5 Å². The van der Waals surface area contributed by atoms with Gasteiger partial charge in [0.25, 0.3) is 5.91 Å². The van der Waals surface area contributed by atoms with Gasteiger partial charge in [-0.25, -0.2) is 0 Å². The first-order valence-electron chi connectivity index (χ1n) is 5.77. The Kier molecular flexibility index (Phi) is 3.66. The van der Waals surface area contributed by atoms with E-state index in [2.05, 4.69) is 36.1 Å². The predicted octanol–water partition coefficient (Wildman–Crippen LogP) is 0.502. The lowest BCUT2D eigenvalue weighted by Gasteiger charge is -2.13. The molecule has 0 aliphatic rings. The zero-order chi connectivity index (χ0) is 13.0. The number of hydrogen-bond acceptors (Lipinski definition) is 5. The van der Waals surface area contributed by atoms with Gasteiger partial charge in [-0.2, -0.15) is 10.3 Å². The van der Waals surface area contributed by atoms with Crippen LogP contribution in [0.3, 0.4) is 0 Å². The van der Waals surface area contributed by atoms with Crippen LogP contribution in [0.5, 0.6) is 0 Å². The van der Waals surface area contributed by atoms with E-state index in [-0.39, 0.29) is 11.9 Å². The lowest BCUT2D eigenvalue weighted by molar-refractivity contribution is 0.0927. The summed E-state index contributed by atoms with van der Waals surface area (Å²) in [6, 6.07) is 1.44. The number of amides is 1. The molecule has 8 heteroatoms. The van der Waals surface area contributed by atoms with Crippen molar-refractivity contribution in [2.75, 3.05) is 0 Å². The van der Waals surface area contributed by atoms with E-state index in [1.165, 1.54) is 0 Å². The molecule has 0 unspecified atom stereocenters. The molecule has 2 aromatic rings. The summed E-state index contributed by atoms with van der Waals surface area (Å²) < 4.78 is 0. The van der Waals surface area contributed by atoms with Crippen LogP contribution >= 0.6 is 0 Å². The third-order valence-corrected chi connectivity index (χ3v) is 2.49. The predicted molar refractivity (Wildman–Crippen MR) is 62.6 cm³/mol. The number of nitrogens with one attached hydrogen (secondary N) is 3. The second-order valence-electron chi connectivity index (χ2n) is 4.02. The second kappa shape index (κ2) is 5.39. The molecule has 8 nitrogen and oxygen atoms in total. The average molecular weight is 249 g/mol. The maximum absolute atomic E-state index is 12.0. The van der Waals surface area contributed by atoms with Crippen molar-refractivity contribution < 1.29 is 4.79 Å². The Morgan fingerprint density at radius 1 is 1.50 bits per heavy atom. The Morgan fingerprint density at radius 3 is 2.89 bits per heavy atom. The van der Waals surface area contributed by atoms with Crippen LogP contribution in [0.2, 0.25) is 0 Å². The van der Waals surface area contributed by atoms with Crippen molar-refractivity contribution in [3.8, 4) is 0 Å².